The highest BCUT2D eigenvalue weighted by Gasteiger charge is 2.05. The molecule has 0 heterocycles. The Morgan fingerprint density at radius 3 is 2.69 bits per heavy atom. The van der Waals surface area contributed by atoms with Gasteiger partial charge < -0.3 is 14.6 Å². The van der Waals surface area contributed by atoms with Gasteiger partial charge in [-0.1, -0.05) is 19.6 Å². The van der Waals surface area contributed by atoms with Gasteiger partial charge in [0.1, 0.15) is 6.61 Å². The molecule has 3 heteroatoms. The molecule has 0 saturated heterocycles. The molecule has 0 bridgehead atoms. The van der Waals surface area contributed by atoms with Crippen molar-refractivity contribution >= 4 is 0 Å². The fourth-order valence-electron chi connectivity index (χ4n) is 1.21. The zero-order valence-corrected chi connectivity index (χ0v) is 9.82. The van der Waals surface area contributed by atoms with Gasteiger partial charge in [-0.05, 0) is 29.7 Å². The average molecular weight is 222 g/mol. The van der Waals surface area contributed by atoms with Crippen molar-refractivity contribution in [1.29, 1.82) is 0 Å². The summed E-state index contributed by atoms with van der Waals surface area (Å²) in [4.78, 5) is 0. The highest BCUT2D eigenvalue weighted by atomic mass is 16.5. The van der Waals surface area contributed by atoms with Gasteiger partial charge in [0.15, 0.2) is 11.5 Å². The van der Waals surface area contributed by atoms with Crippen LogP contribution < -0.4 is 9.47 Å². The zero-order chi connectivity index (χ0) is 12.0. The molecule has 0 radical (unpaired) electrons. The largest absolute Gasteiger partial charge is 0.493 e. The Morgan fingerprint density at radius 1 is 1.38 bits per heavy atom. The minimum absolute atomic E-state index is 0.00488. The quantitative estimate of drug-likeness (QED) is 0.752. The van der Waals surface area contributed by atoms with Crippen molar-refractivity contribution in [2.45, 2.75) is 20.0 Å². The van der Waals surface area contributed by atoms with Crippen LogP contribution in [0.3, 0.4) is 0 Å². The summed E-state index contributed by atoms with van der Waals surface area (Å²) in [5.41, 5.74) is 1.83. The Bertz CT molecular complexity index is 358. The van der Waals surface area contributed by atoms with Gasteiger partial charge in [0, 0.05) is 0 Å². The van der Waals surface area contributed by atoms with Crippen LogP contribution in [0.15, 0.2) is 30.4 Å². The molecule has 88 valence electrons. The first-order valence-corrected chi connectivity index (χ1v) is 5.28. The molecular formula is C13H18O3. The van der Waals surface area contributed by atoms with Crippen LogP contribution in [0.25, 0.3) is 0 Å². The third-order valence-electron chi connectivity index (χ3n) is 2.34. The minimum atomic E-state index is -0.00488. The Kier molecular flexibility index (Phi) is 4.86. The van der Waals surface area contributed by atoms with Gasteiger partial charge in [-0.25, -0.2) is 0 Å². The monoisotopic (exact) mass is 222 g/mol. The van der Waals surface area contributed by atoms with E-state index in [4.69, 9.17) is 14.6 Å². The van der Waals surface area contributed by atoms with Crippen LogP contribution in [0.5, 0.6) is 11.5 Å². The predicted octanol–water partition coefficient (Wildman–Crippen LogP) is 2.53. The predicted molar refractivity (Wildman–Crippen MR) is 63.8 cm³/mol. The Hall–Kier alpha value is -1.48. The van der Waals surface area contributed by atoms with E-state index in [1.54, 1.807) is 25.3 Å². The van der Waals surface area contributed by atoms with Gasteiger partial charge in [-0.3, -0.25) is 0 Å². The summed E-state index contributed by atoms with van der Waals surface area (Å²) >= 11 is 0. The minimum Gasteiger partial charge on any atom is -0.493 e. The summed E-state index contributed by atoms with van der Waals surface area (Å²) in [7, 11) is 1.59. The third kappa shape index (κ3) is 3.28. The summed E-state index contributed by atoms with van der Waals surface area (Å²) in [5, 5.41) is 9.04. The molecule has 1 N–H and O–H groups in total. The van der Waals surface area contributed by atoms with Crippen molar-refractivity contribution < 1.29 is 14.6 Å². The summed E-state index contributed by atoms with van der Waals surface area (Å²) in [6, 6.07) is 5.37. The molecule has 1 rings (SSSR count). The fraction of sp³-hybridized carbons (Fsp3) is 0.385. The van der Waals surface area contributed by atoms with E-state index in [2.05, 4.69) is 6.58 Å². The lowest BCUT2D eigenvalue weighted by Gasteiger charge is -2.12. The second kappa shape index (κ2) is 6.18. The molecule has 0 unspecified atom stereocenters. The maximum absolute atomic E-state index is 9.04. The normalized spacial score (nSPS) is 9.94. The molecule has 0 aliphatic rings. The summed E-state index contributed by atoms with van der Waals surface area (Å²) in [5.74, 6) is 1.31. The smallest absolute Gasteiger partial charge is 0.162 e. The molecular weight excluding hydrogens is 204 g/mol. The molecule has 3 nitrogen and oxygen atoms in total. The van der Waals surface area contributed by atoms with E-state index >= 15 is 0 Å². The molecule has 1 aromatic rings. The first-order chi connectivity index (χ1) is 7.71. The highest BCUT2D eigenvalue weighted by molar-refractivity contribution is 5.42. The molecule has 0 amide bonds. The van der Waals surface area contributed by atoms with Gasteiger partial charge in [0.25, 0.3) is 0 Å². The molecule has 0 aliphatic heterocycles. The van der Waals surface area contributed by atoms with Crippen LogP contribution >= 0.6 is 0 Å². The van der Waals surface area contributed by atoms with Gasteiger partial charge in [0.05, 0.1) is 13.7 Å². The lowest BCUT2D eigenvalue weighted by atomic mass is 10.2. The number of methoxy groups -OCH3 is 1. The molecule has 0 spiro atoms. The van der Waals surface area contributed by atoms with Crippen molar-refractivity contribution in [3.05, 3.63) is 35.9 Å². The summed E-state index contributed by atoms with van der Waals surface area (Å²) in [6.45, 7) is 6.37. The Balaban J connectivity index is 2.78. The van der Waals surface area contributed by atoms with E-state index in [1.165, 1.54) is 0 Å². The van der Waals surface area contributed by atoms with Crippen molar-refractivity contribution in [2.75, 3.05) is 13.7 Å². The Labute approximate surface area is 96.3 Å². The van der Waals surface area contributed by atoms with Crippen LogP contribution in [0, 0.1) is 0 Å². The first-order valence-electron chi connectivity index (χ1n) is 5.28. The molecule has 0 aliphatic carbocycles. The molecule has 16 heavy (non-hydrogen) atoms. The molecule has 0 fully saturated rings. The molecule has 1 aromatic carbocycles. The topological polar surface area (TPSA) is 38.7 Å². The standard InChI is InChI=1S/C13H18O3/c1-4-10(2)9-16-13-7-11(8-14)5-6-12(13)15-3/h5-7,14H,2,4,8-9H2,1,3H3. The van der Waals surface area contributed by atoms with Gasteiger partial charge in [-0.2, -0.15) is 0 Å². The highest BCUT2D eigenvalue weighted by Crippen LogP contribution is 2.28. The van der Waals surface area contributed by atoms with Crippen molar-refractivity contribution in [3.8, 4) is 11.5 Å². The maximum Gasteiger partial charge on any atom is 0.162 e. The number of rotatable bonds is 6. The van der Waals surface area contributed by atoms with Gasteiger partial charge in [-0.15, -0.1) is 0 Å². The summed E-state index contributed by atoms with van der Waals surface area (Å²) < 4.78 is 10.8. The van der Waals surface area contributed by atoms with Crippen LogP contribution in [0.2, 0.25) is 0 Å². The second-order valence-electron chi connectivity index (χ2n) is 3.54. The zero-order valence-electron chi connectivity index (χ0n) is 9.82. The first kappa shape index (κ1) is 12.6. The number of benzene rings is 1. The van der Waals surface area contributed by atoms with Crippen molar-refractivity contribution in [3.63, 3.8) is 0 Å². The average Bonchev–Trinajstić information content (AvgIpc) is 2.35. The van der Waals surface area contributed by atoms with Gasteiger partial charge in [0.2, 0.25) is 0 Å². The van der Waals surface area contributed by atoms with Crippen molar-refractivity contribution in [1.82, 2.24) is 0 Å². The number of aliphatic hydroxyl groups excluding tert-OH is 1. The second-order valence-corrected chi connectivity index (χ2v) is 3.54. The van der Waals surface area contributed by atoms with Crippen LogP contribution in [-0.2, 0) is 6.61 Å². The number of ether oxygens (including phenoxy) is 2. The lowest BCUT2D eigenvalue weighted by Crippen LogP contribution is -2.01. The number of hydrogen-bond donors (Lipinski definition) is 1. The van der Waals surface area contributed by atoms with E-state index in [0.717, 1.165) is 17.6 Å². The van der Waals surface area contributed by atoms with E-state index in [0.29, 0.717) is 18.1 Å². The molecule has 0 saturated carbocycles. The van der Waals surface area contributed by atoms with Crippen LogP contribution in [0.4, 0.5) is 0 Å². The fourth-order valence-corrected chi connectivity index (χ4v) is 1.21. The molecule has 0 atom stereocenters. The van der Waals surface area contributed by atoms with Crippen LogP contribution in [0.1, 0.15) is 18.9 Å². The summed E-state index contributed by atoms with van der Waals surface area (Å²) in [6.07, 6.45) is 0.891. The van der Waals surface area contributed by atoms with Crippen molar-refractivity contribution in [2.24, 2.45) is 0 Å². The van der Waals surface area contributed by atoms with E-state index in [9.17, 15) is 0 Å². The lowest BCUT2D eigenvalue weighted by molar-refractivity contribution is 0.278. The van der Waals surface area contributed by atoms with E-state index in [1.807, 2.05) is 6.92 Å². The Morgan fingerprint density at radius 2 is 2.12 bits per heavy atom. The maximum atomic E-state index is 9.04. The van der Waals surface area contributed by atoms with Crippen LogP contribution in [-0.4, -0.2) is 18.8 Å². The number of aliphatic hydroxyl groups is 1. The molecule has 0 aromatic heterocycles. The van der Waals surface area contributed by atoms with E-state index in [-0.39, 0.29) is 6.61 Å². The number of hydrogen-bond acceptors (Lipinski definition) is 3. The SMILES string of the molecule is C=C(CC)COc1cc(CO)ccc1OC. The third-order valence-corrected chi connectivity index (χ3v) is 2.34. The van der Waals surface area contributed by atoms with E-state index < -0.39 is 0 Å². The van der Waals surface area contributed by atoms with Gasteiger partial charge >= 0.3 is 0 Å².